The first kappa shape index (κ1) is 14.0. The van der Waals surface area contributed by atoms with Crippen LogP contribution in [0.2, 0.25) is 0 Å². The SMILES string of the molecule is CC/C=C(/Cl)C(C)=NC1=C(C)NC(C)C(C)=C1. The smallest absolute Gasteiger partial charge is 0.0820 e. The van der Waals surface area contributed by atoms with Crippen LogP contribution in [-0.2, 0) is 0 Å². The number of nitrogens with one attached hydrogen (secondary N) is 1. The van der Waals surface area contributed by atoms with Gasteiger partial charge in [-0.05, 0) is 45.8 Å². The van der Waals surface area contributed by atoms with Crippen molar-refractivity contribution in [3.05, 3.63) is 34.2 Å². The van der Waals surface area contributed by atoms with Crippen molar-refractivity contribution in [2.75, 3.05) is 0 Å². The number of nitrogens with zero attached hydrogens (tertiary/aromatic N) is 1. The number of allylic oxidation sites excluding steroid dienone is 4. The standard InChI is InChI=1S/C14H21ClN2/c1-6-7-13(15)11(4)17-14-8-9(2)10(3)16-12(14)5/h7-8,10,16H,6H2,1-5H3/b13-7+,17-11?. The van der Waals surface area contributed by atoms with Crippen LogP contribution in [0.1, 0.15) is 41.0 Å². The van der Waals surface area contributed by atoms with E-state index in [-0.39, 0.29) is 0 Å². The quantitative estimate of drug-likeness (QED) is 0.750. The molecule has 3 heteroatoms. The number of rotatable bonds is 3. The van der Waals surface area contributed by atoms with Crippen molar-refractivity contribution in [2.24, 2.45) is 4.99 Å². The van der Waals surface area contributed by atoms with E-state index in [1.54, 1.807) is 0 Å². The average molecular weight is 253 g/mol. The highest BCUT2D eigenvalue weighted by Crippen LogP contribution is 2.19. The van der Waals surface area contributed by atoms with E-state index in [1.165, 1.54) is 5.57 Å². The first-order chi connectivity index (χ1) is 7.95. The van der Waals surface area contributed by atoms with Crippen molar-refractivity contribution in [1.82, 2.24) is 5.32 Å². The lowest BCUT2D eigenvalue weighted by atomic mass is 10.0. The molecule has 0 fully saturated rings. The van der Waals surface area contributed by atoms with Gasteiger partial charge < -0.3 is 5.32 Å². The van der Waals surface area contributed by atoms with Crippen molar-refractivity contribution in [1.29, 1.82) is 0 Å². The number of dihydropyridines is 1. The molecule has 0 radical (unpaired) electrons. The average Bonchev–Trinajstić information content (AvgIpc) is 2.26. The molecule has 0 aliphatic carbocycles. The minimum absolute atomic E-state index is 0.385. The Hall–Kier alpha value is -1.02. The van der Waals surface area contributed by atoms with Gasteiger partial charge in [-0.2, -0.15) is 0 Å². The molecule has 1 N–H and O–H groups in total. The maximum atomic E-state index is 6.13. The summed E-state index contributed by atoms with van der Waals surface area (Å²) in [6.07, 6.45) is 5.02. The van der Waals surface area contributed by atoms with E-state index in [9.17, 15) is 0 Å². The van der Waals surface area contributed by atoms with E-state index in [0.717, 1.165) is 28.6 Å². The molecule has 1 aliphatic rings. The van der Waals surface area contributed by atoms with Gasteiger partial charge in [0.05, 0.1) is 16.4 Å². The van der Waals surface area contributed by atoms with Gasteiger partial charge in [0.1, 0.15) is 0 Å². The molecule has 0 bridgehead atoms. The Morgan fingerprint density at radius 3 is 2.76 bits per heavy atom. The van der Waals surface area contributed by atoms with Crippen molar-refractivity contribution in [3.8, 4) is 0 Å². The fourth-order valence-corrected chi connectivity index (χ4v) is 1.84. The molecule has 1 unspecified atom stereocenters. The van der Waals surface area contributed by atoms with Crippen LogP contribution in [-0.4, -0.2) is 11.8 Å². The van der Waals surface area contributed by atoms with Gasteiger partial charge in [0.25, 0.3) is 0 Å². The van der Waals surface area contributed by atoms with Crippen LogP contribution in [0.4, 0.5) is 0 Å². The van der Waals surface area contributed by atoms with Crippen LogP contribution >= 0.6 is 11.6 Å². The molecule has 0 amide bonds. The maximum absolute atomic E-state index is 6.13. The van der Waals surface area contributed by atoms with E-state index in [4.69, 9.17) is 11.6 Å². The molecule has 1 atom stereocenters. The van der Waals surface area contributed by atoms with Gasteiger partial charge in [-0.1, -0.05) is 24.6 Å². The predicted molar refractivity (Wildman–Crippen MR) is 76.4 cm³/mol. The maximum Gasteiger partial charge on any atom is 0.0820 e. The van der Waals surface area contributed by atoms with E-state index in [1.807, 2.05) is 19.9 Å². The first-order valence-electron chi connectivity index (χ1n) is 6.02. The van der Waals surface area contributed by atoms with Crippen LogP contribution in [0, 0.1) is 0 Å². The second-order valence-electron chi connectivity index (χ2n) is 4.42. The van der Waals surface area contributed by atoms with Gasteiger partial charge >= 0.3 is 0 Å². The van der Waals surface area contributed by atoms with Crippen LogP contribution < -0.4 is 5.32 Å². The van der Waals surface area contributed by atoms with Gasteiger partial charge in [0, 0.05) is 11.7 Å². The summed E-state index contributed by atoms with van der Waals surface area (Å²) in [5.41, 5.74) is 4.23. The van der Waals surface area contributed by atoms with Crippen molar-refractivity contribution in [3.63, 3.8) is 0 Å². The second-order valence-corrected chi connectivity index (χ2v) is 4.83. The third-order valence-electron chi connectivity index (χ3n) is 2.88. The molecule has 0 spiro atoms. The minimum Gasteiger partial charge on any atom is -0.381 e. The van der Waals surface area contributed by atoms with Gasteiger partial charge in [0.2, 0.25) is 0 Å². The third-order valence-corrected chi connectivity index (χ3v) is 3.31. The zero-order valence-corrected chi connectivity index (χ0v) is 12.0. The van der Waals surface area contributed by atoms with E-state index >= 15 is 0 Å². The molecule has 0 saturated heterocycles. The zero-order chi connectivity index (χ0) is 13.0. The molecular formula is C14H21ClN2. The molecule has 17 heavy (non-hydrogen) atoms. The molecule has 0 aromatic heterocycles. The topological polar surface area (TPSA) is 24.4 Å². The normalized spacial score (nSPS) is 22.5. The van der Waals surface area contributed by atoms with Gasteiger partial charge in [-0.25, -0.2) is 0 Å². The highest BCUT2D eigenvalue weighted by atomic mass is 35.5. The second kappa shape index (κ2) is 6.06. The Balaban J connectivity index is 2.99. The Morgan fingerprint density at radius 1 is 1.53 bits per heavy atom. The molecule has 0 saturated carbocycles. The third kappa shape index (κ3) is 3.74. The molecule has 2 nitrogen and oxygen atoms in total. The molecule has 1 rings (SSSR count). The highest BCUT2D eigenvalue weighted by Gasteiger charge is 2.13. The summed E-state index contributed by atoms with van der Waals surface area (Å²) in [5, 5.41) is 4.13. The molecule has 1 aliphatic heterocycles. The summed E-state index contributed by atoms with van der Waals surface area (Å²) in [4.78, 5) is 4.58. The predicted octanol–water partition coefficient (Wildman–Crippen LogP) is 4.15. The molecule has 1 heterocycles. The van der Waals surface area contributed by atoms with E-state index < -0.39 is 0 Å². The van der Waals surface area contributed by atoms with E-state index in [2.05, 4.69) is 37.2 Å². The molecular weight excluding hydrogens is 232 g/mol. The number of aliphatic imine (C=N–C) groups is 1. The summed E-state index contributed by atoms with van der Waals surface area (Å²) in [6, 6.07) is 0.385. The summed E-state index contributed by atoms with van der Waals surface area (Å²) < 4.78 is 0. The highest BCUT2D eigenvalue weighted by molar-refractivity contribution is 6.43. The Kier molecular flexibility index (Phi) is 5.01. The fourth-order valence-electron chi connectivity index (χ4n) is 1.64. The van der Waals surface area contributed by atoms with Crippen molar-refractivity contribution < 1.29 is 0 Å². The molecule has 94 valence electrons. The first-order valence-corrected chi connectivity index (χ1v) is 6.40. The summed E-state index contributed by atoms with van der Waals surface area (Å²) in [7, 11) is 0. The lowest BCUT2D eigenvalue weighted by molar-refractivity contribution is 0.671. The van der Waals surface area contributed by atoms with Crippen LogP contribution in [0.25, 0.3) is 0 Å². The van der Waals surface area contributed by atoms with Gasteiger partial charge in [-0.15, -0.1) is 0 Å². The summed E-state index contributed by atoms with van der Waals surface area (Å²) in [5.74, 6) is 0. The van der Waals surface area contributed by atoms with Crippen LogP contribution in [0.3, 0.4) is 0 Å². The Bertz CT molecular complexity index is 414. The summed E-state index contributed by atoms with van der Waals surface area (Å²) >= 11 is 6.13. The number of hydrogen-bond acceptors (Lipinski definition) is 2. The largest absolute Gasteiger partial charge is 0.381 e. The molecule has 0 aromatic rings. The fraction of sp³-hybridized carbons (Fsp3) is 0.500. The lowest BCUT2D eigenvalue weighted by Gasteiger charge is -2.22. The monoisotopic (exact) mass is 252 g/mol. The van der Waals surface area contributed by atoms with Crippen molar-refractivity contribution >= 4 is 17.3 Å². The Morgan fingerprint density at radius 2 is 2.18 bits per heavy atom. The van der Waals surface area contributed by atoms with Gasteiger partial charge in [-0.3, -0.25) is 4.99 Å². The number of hydrogen-bond donors (Lipinski definition) is 1. The van der Waals surface area contributed by atoms with Crippen LogP contribution in [0.5, 0.6) is 0 Å². The molecule has 0 aromatic carbocycles. The zero-order valence-electron chi connectivity index (χ0n) is 11.3. The summed E-state index contributed by atoms with van der Waals surface area (Å²) in [6.45, 7) is 10.3. The Labute approximate surface area is 109 Å². The van der Waals surface area contributed by atoms with Crippen LogP contribution in [0.15, 0.2) is 39.1 Å². The van der Waals surface area contributed by atoms with E-state index in [0.29, 0.717) is 6.04 Å². The van der Waals surface area contributed by atoms with Crippen molar-refractivity contribution in [2.45, 2.75) is 47.1 Å². The number of halogens is 1. The van der Waals surface area contributed by atoms with Gasteiger partial charge in [0.15, 0.2) is 0 Å². The minimum atomic E-state index is 0.385. The lowest BCUT2D eigenvalue weighted by Crippen LogP contribution is -2.29.